The van der Waals surface area contributed by atoms with Crippen molar-refractivity contribution in [2.75, 3.05) is 0 Å². The maximum Gasteiger partial charge on any atom is 0.335 e. The van der Waals surface area contributed by atoms with Gasteiger partial charge in [-0.15, -0.1) is 0 Å². The summed E-state index contributed by atoms with van der Waals surface area (Å²) in [6.07, 6.45) is 0. The van der Waals surface area contributed by atoms with Gasteiger partial charge in [-0.05, 0) is 42.5 Å². The highest BCUT2D eigenvalue weighted by atomic mass is 35.5. The van der Waals surface area contributed by atoms with E-state index in [0.717, 1.165) is 4.90 Å². The summed E-state index contributed by atoms with van der Waals surface area (Å²) in [5.74, 6) is -1.62. The number of carboxylic acid groups (broad SMARTS) is 1. The molecule has 162 valence electrons. The third-order valence-corrected chi connectivity index (χ3v) is 7.62. The maximum atomic E-state index is 10.7. The zero-order chi connectivity index (χ0) is 23.1. The summed E-state index contributed by atoms with van der Waals surface area (Å²) in [6, 6.07) is 29.5. The standard InChI is InChI=1S/C18H12Cl3S.C7H6O3/c19-13-11-16(20)18(17(21)12-13)22(14-7-3-1-4-8-14)15-9-5-2-6-10-15;8-6-4-2-1-3-5(6)7(9)10/h1-12H;1-4,8H,(H,9,10)/q+1;/p-1. The van der Waals surface area contributed by atoms with Crippen molar-refractivity contribution in [3.8, 4) is 5.75 Å². The van der Waals surface area contributed by atoms with Crippen molar-refractivity contribution in [2.24, 2.45) is 0 Å². The molecule has 4 aromatic rings. The van der Waals surface area contributed by atoms with E-state index in [1.165, 1.54) is 34.1 Å². The summed E-state index contributed by atoms with van der Waals surface area (Å²) >= 11 is 19.0. The smallest absolute Gasteiger partial charge is 0.335 e. The molecule has 0 amide bonds. The summed E-state index contributed by atoms with van der Waals surface area (Å²) in [5, 5.41) is 20.8. The van der Waals surface area contributed by atoms with Gasteiger partial charge in [0.2, 0.25) is 4.90 Å². The predicted molar refractivity (Wildman–Crippen MR) is 129 cm³/mol. The number of halogens is 3. The predicted octanol–water partition coefficient (Wildman–Crippen LogP) is 7.20. The Hall–Kier alpha value is -2.63. The number of para-hydroxylation sites is 1. The van der Waals surface area contributed by atoms with Crippen LogP contribution in [0.1, 0.15) is 10.4 Å². The molecule has 0 atom stereocenters. The Morgan fingerprint density at radius 3 is 1.56 bits per heavy atom. The molecule has 0 aliphatic heterocycles. The maximum absolute atomic E-state index is 10.7. The molecular formula is C25H17Cl3O3S. The average Bonchev–Trinajstić information content (AvgIpc) is 2.78. The van der Waals surface area contributed by atoms with E-state index < -0.39 is 11.7 Å². The molecule has 0 fully saturated rings. The topological polar surface area (TPSA) is 60.4 Å². The van der Waals surface area contributed by atoms with Crippen molar-refractivity contribution in [3.05, 3.63) is 118 Å². The number of hydrogen-bond acceptors (Lipinski definition) is 2. The molecule has 0 saturated carbocycles. The molecule has 3 nitrogen and oxygen atoms in total. The van der Waals surface area contributed by atoms with Crippen LogP contribution in [0, 0.1) is 0 Å². The molecule has 0 radical (unpaired) electrons. The molecule has 0 aliphatic rings. The van der Waals surface area contributed by atoms with Crippen molar-refractivity contribution in [1.29, 1.82) is 0 Å². The Bertz CT molecular complexity index is 1140. The molecule has 7 heteroatoms. The summed E-state index contributed by atoms with van der Waals surface area (Å²) in [7, 11) is -0.369. The van der Waals surface area contributed by atoms with E-state index in [9.17, 15) is 9.90 Å². The van der Waals surface area contributed by atoms with E-state index in [-0.39, 0.29) is 16.5 Å². The lowest BCUT2D eigenvalue weighted by molar-refractivity contribution is -0.268. The second kappa shape index (κ2) is 11.3. The minimum absolute atomic E-state index is 0.178. The van der Waals surface area contributed by atoms with Crippen LogP contribution in [0.15, 0.2) is 112 Å². The summed E-state index contributed by atoms with van der Waals surface area (Å²) in [5.41, 5.74) is -0.178. The van der Waals surface area contributed by atoms with Gasteiger partial charge in [-0.3, -0.25) is 0 Å². The first-order valence-electron chi connectivity index (χ1n) is 9.36. The van der Waals surface area contributed by atoms with Crippen LogP contribution in [0.3, 0.4) is 0 Å². The molecule has 0 saturated heterocycles. The second-order valence-electron chi connectivity index (χ2n) is 6.43. The van der Waals surface area contributed by atoms with Gasteiger partial charge in [-0.2, -0.15) is 0 Å². The van der Waals surface area contributed by atoms with Crippen molar-refractivity contribution >= 4 is 51.7 Å². The van der Waals surface area contributed by atoms with Crippen molar-refractivity contribution < 1.29 is 15.0 Å². The van der Waals surface area contributed by atoms with Crippen LogP contribution >= 0.6 is 34.8 Å². The minimum Gasteiger partial charge on any atom is -0.872 e. The Labute approximate surface area is 204 Å². The van der Waals surface area contributed by atoms with E-state index in [4.69, 9.17) is 39.9 Å². The zero-order valence-corrected chi connectivity index (χ0v) is 19.6. The molecule has 0 spiro atoms. The van der Waals surface area contributed by atoms with E-state index in [1.54, 1.807) is 12.1 Å². The molecule has 0 aromatic heterocycles. The van der Waals surface area contributed by atoms with Gasteiger partial charge in [0.1, 0.15) is 10.9 Å². The van der Waals surface area contributed by atoms with Gasteiger partial charge < -0.3 is 10.2 Å². The lowest BCUT2D eigenvalue weighted by atomic mass is 10.2. The highest BCUT2D eigenvalue weighted by molar-refractivity contribution is 7.97. The van der Waals surface area contributed by atoms with Crippen molar-refractivity contribution in [3.63, 3.8) is 0 Å². The van der Waals surface area contributed by atoms with E-state index >= 15 is 0 Å². The molecule has 0 aliphatic carbocycles. The van der Waals surface area contributed by atoms with Crippen LogP contribution < -0.4 is 5.11 Å². The van der Waals surface area contributed by atoms with Gasteiger partial charge in [-0.1, -0.05) is 95.1 Å². The number of rotatable bonds is 4. The fraction of sp³-hybridized carbons (Fsp3) is 0. The lowest BCUT2D eigenvalue weighted by Gasteiger charge is -2.11. The van der Waals surface area contributed by atoms with Crippen LogP contribution in [0.4, 0.5) is 0 Å². The average molecular weight is 504 g/mol. The number of aromatic carboxylic acids is 1. The van der Waals surface area contributed by atoms with Crippen LogP contribution in [0.5, 0.6) is 5.75 Å². The Morgan fingerprint density at radius 1 is 0.719 bits per heavy atom. The third-order valence-electron chi connectivity index (χ3n) is 4.24. The molecule has 4 rings (SSSR count). The molecular weight excluding hydrogens is 487 g/mol. The minimum atomic E-state index is -1.18. The third kappa shape index (κ3) is 5.99. The number of carboxylic acids is 1. The summed E-state index contributed by atoms with van der Waals surface area (Å²) in [6.45, 7) is 0. The van der Waals surface area contributed by atoms with Gasteiger partial charge in [0.15, 0.2) is 9.79 Å². The molecule has 0 unspecified atom stereocenters. The van der Waals surface area contributed by atoms with E-state index in [0.29, 0.717) is 15.1 Å². The monoisotopic (exact) mass is 502 g/mol. The first-order valence-corrected chi connectivity index (χ1v) is 11.7. The van der Waals surface area contributed by atoms with Crippen LogP contribution in [-0.2, 0) is 10.9 Å². The van der Waals surface area contributed by atoms with Gasteiger partial charge in [-0.25, -0.2) is 4.79 Å². The second-order valence-corrected chi connectivity index (χ2v) is 9.65. The zero-order valence-electron chi connectivity index (χ0n) is 16.5. The van der Waals surface area contributed by atoms with Gasteiger partial charge in [0.25, 0.3) is 0 Å². The highest BCUT2D eigenvalue weighted by Gasteiger charge is 2.33. The van der Waals surface area contributed by atoms with Crippen LogP contribution in [0.2, 0.25) is 15.1 Å². The van der Waals surface area contributed by atoms with Crippen LogP contribution in [-0.4, -0.2) is 11.1 Å². The van der Waals surface area contributed by atoms with Gasteiger partial charge in [0.05, 0.1) is 15.6 Å². The first kappa shape index (κ1) is 24.0. The molecule has 0 bridgehead atoms. The Balaban J connectivity index is 0.000000243. The van der Waals surface area contributed by atoms with E-state index in [1.807, 2.05) is 36.4 Å². The summed E-state index contributed by atoms with van der Waals surface area (Å²) in [4.78, 5) is 13.5. The fourth-order valence-corrected chi connectivity index (χ4v) is 6.24. The first-order chi connectivity index (χ1) is 15.4. The van der Waals surface area contributed by atoms with Gasteiger partial charge >= 0.3 is 5.97 Å². The van der Waals surface area contributed by atoms with Crippen molar-refractivity contribution in [2.45, 2.75) is 14.7 Å². The number of benzene rings is 4. The largest absolute Gasteiger partial charge is 0.872 e. The quantitative estimate of drug-likeness (QED) is 0.300. The van der Waals surface area contributed by atoms with E-state index in [2.05, 4.69) is 24.3 Å². The molecule has 32 heavy (non-hydrogen) atoms. The molecule has 1 N–H and O–H groups in total. The highest BCUT2D eigenvalue weighted by Crippen LogP contribution is 2.41. The molecule has 4 aromatic carbocycles. The van der Waals surface area contributed by atoms with Crippen molar-refractivity contribution in [1.82, 2.24) is 0 Å². The van der Waals surface area contributed by atoms with Gasteiger partial charge in [0, 0.05) is 5.02 Å². The summed E-state index contributed by atoms with van der Waals surface area (Å²) < 4.78 is 0. The normalized spacial score (nSPS) is 10.4. The lowest BCUT2D eigenvalue weighted by Crippen LogP contribution is -2.06. The number of carbonyl (C=O) groups is 1. The SMILES string of the molecule is Clc1cc(Cl)c([S+](c2ccccc2)c2ccccc2)c(Cl)c1.O=C(O)c1ccccc1[O-]. The molecule has 0 heterocycles. The fourth-order valence-electron chi connectivity index (χ4n) is 2.85. The Morgan fingerprint density at radius 2 is 1.16 bits per heavy atom. The Kier molecular flexibility index (Phi) is 8.48. The van der Waals surface area contributed by atoms with Crippen LogP contribution in [0.25, 0.3) is 0 Å². The number of hydrogen-bond donors (Lipinski definition) is 1.